The van der Waals surface area contributed by atoms with Crippen LogP contribution >= 0.6 is 0 Å². The van der Waals surface area contributed by atoms with Crippen molar-refractivity contribution < 1.29 is 17.9 Å². The molecule has 0 aliphatic carbocycles. The van der Waals surface area contributed by atoms with Gasteiger partial charge in [0.1, 0.15) is 11.4 Å². The lowest BCUT2D eigenvalue weighted by Crippen LogP contribution is -2.28. The molecule has 1 aromatic heterocycles. The summed E-state index contributed by atoms with van der Waals surface area (Å²) in [6.07, 6.45) is 3.33. The first kappa shape index (κ1) is 22.3. The Morgan fingerprint density at radius 2 is 1.74 bits per heavy atom. The predicted molar refractivity (Wildman–Crippen MR) is 119 cm³/mol. The van der Waals surface area contributed by atoms with E-state index in [9.17, 15) is 13.2 Å². The number of anilines is 1. The molecule has 0 atom stereocenters. The molecular formula is C23H25N3O4S. The van der Waals surface area contributed by atoms with Crippen molar-refractivity contribution in [3.8, 4) is 5.75 Å². The van der Waals surface area contributed by atoms with Crippen molar-refractivity contribution >= 4 is 21.6 Å². The van der Waals surface area contributed by atoms with Crippen LogP contribution in [0.3, 0.4) is 0 Å². The standard InChI is InChI=1S/C23H25N3O4S/c1-23(2,3)30-19-7-4-8-21(14-19)31(28,29)20-11-9-18(10-12-20)26-22(27)25-16-17-6-5-13-24-15-17/h4-15H,16H2,1-3H3,(H2,25,26,27). The molecule has 0 saturated carbocycles. The minimum absolute atomic E-state index is 0.127. The van der Waals surface area contributed by atoms with Crippen LogP contribution in [0.2, 0.25) is 0 Å². The zero-order chi connectivity index (χ0) is 22.5. The van der Waals surface area contributed by atoms with Crippen molar-refractivity contribution in [3.63, 3.8) is 0 Å². The van der Waals surface area contributed by atoms with Crippen LogP contribution in [-0.2, 0) is 16.4 Å². The van der Waals surface area contributed by atoms with Crippen molar-refractivity contribution in [2.75, 3.05) is 5.32 Å². The molecule has 0 fully saturated rings. The number of nitrogens with one attached hydrogen (secondary N) is 2. The summed E-state index contributed by atoms with van der Waals surface area (Å²) in [5.41, 5.74) is 0.914. The number of benzene rings is 2. The second-order valence-corrected chi connectivity index (χ2v) is 9.84. The molecule has 7 nitrogen and oxygen atoms in total. The molecule has 2 N–H and O–H groups in total. The van der Waals surface area contributed by atoms with Gasteiger partial charge < -0.3 is 15.4 Å². The van der Waals surface area contributed by atoms with Crippen LogP contribution in [0.1, 0.15) is 26.3 Å². The maximum Gasteiger partial charge on any atom is 0.319 e. The minimum Gasteiger partial charge on any atom is -0.488 e. The Bertz CT molecular complexity index is 1140. The van der Waals surface area contributed by atoms with Gasteiger partial charge >= 0.3 is 6.03 Å². The lowest BCUT2D eigenvalue weighted by molar-refractivity contribution is 0.130. The molecule has 31 heavy (non-hydrogen) atoms. The van der Waals surface area contributed by atoms with Crippen LogP contribution in [0.5, 0.6) is 5.75 Å². The summed E-state index contributed by atoms with van der Waals surface area (Å²) in [5, 5.41) is 5.40. The fourth-order valence-corrected chi connectivity index (χ4v) is 4.07. The Kier molecular flexibility index (Phi) is 6.60. The monoisotopic (exact) mass is 439 g/mol. The molecule has 162 valence electrons. The fourth-order valence-electron chi connectivity index (χ4n) is 2.77. The molecule has 0 spiro atoms. The summed E-state index contributed by atoms with van der Waals surface area (Å²) < 4.78 is 31.7. The van der Waals surface area contributed by atoms with E-state index in [1.54, 1.807) is 42.7 Å². The number of sulfone groups is 1. The van der Waals surface area contributed by atoms with E-state index in [1.807, 2.05) is 26.8 Å². The number of nitrogens with zero attached hydrogens (tertiary/aromatic N) is 1. The highest BCUT2D eigenvalue weighted by molar-refractivity contribution is 7.91. The number of pyridine rings is 1. The van der Waals surface area contributed by atoms with Gasteiger partial charge in [0, 0.05) is 24.6 Å². The molecule has 3 aromatic rings. The number of hydrogen-bond acceptors (Lipinski definition) is 5. The van der Waals surface area contributed by atoms with E-state index in [1.165, 1.54) is 24.3 Å². The Hall–Kier alpha value is -3.39. The molecule has 0 aliphatic rings. The van der Waals surface area contributed by atoms with Crippen molar-refractivity contribution in [3.05, 3.63) is 78.6 Å². The number of rotatable bonds is 6. The maximum atomic E-state index is 13.0. The Labute approximate surface area is 182 Å². The number of ether oxygens (including phenoxy) is 1. The highest BCUT2D eigenvalue weighted by atomic mass is 32.2. The van der Waals surface area contributed by atoms with E-state index in [-0.39, 0.29) is 9.79 Å². The Balaban J connectivity index is 1.67. The average molecular weight is 440 g/mol. The van der Waals surface area contributed by atoms with Crippen LogP contribution < -0.4 is 15.4 Å². The molecule has 1 heterocycles. The first-order chi connectivity index (χ1) is 14.6. The predicted octanol–water partition coefficient (Wildman–Crippen LogP) is 4.41. The molecule has 2 aromatic carbocycles. The van der Waals surface area contributed by atoms with Gasteiger partial charge in [-0.15, -0.1) is 0 Å². The van der Waals surface area contributed by atoms with Crippen LogP contribution in [0.15, 0.2) is 82.8 Å². The van der Waals surface area contributed by atoms with E-state index in [0.717, 1.165) is 5.56 Å². The van der Waals surface area contributed by atoms with Crippen molar-refractivity contribution in [2.45, 2.75) is 42.7 Å². The van der Waals surface area contributed by atoms with Crippen LogP contribution in [-0.4, -0.2) is 25.0 Å². The summed E-state index contributed by atoms with van der Waals surface area (Å²) in [7, 11) is -3.72. The van der Waals surface area contributed by atoms with Crippen molar-refractivity contribution in [1.29, 1.82) is 0 Å². The molecular weight excluding hydrogens is 414 g/mol. The number of urea groups is 1. The topological polar surface area (TPSA) is 97.4 Å². The third-order valence-electron chi connectivity index (χ3n) is 4.14. The molecule has 0 saturated heterocycles. The zero-order valence-corrected chi connectivity index (χ0v) is 18.4. The summed E-state index contributed by atoms with van der Waals surface area (Å²) in [4.78, 5) is 16.3. The summed E-state index contributed by atoms with van der Waals surface area (Å²) in [6, 6.07) is 15.7. The van der Waals surface area contributed by atoms with E-state index in [4.69, 9.17) is 4.74 Å². The number of carbonyl (C=O) groups excluding carboxylic acids is 1. The second-order valence-electron chi connectivity index (χ2n) is 7.89. The number of hydrogen-bond donors (Lipinski definition) is 2. The number of aromatic nitrogens is 1. The van der Waals surface area contributed by atoms with Gasteiger partial charge in [0.15, 0.2) is 0 Å². The Morgan fingerprint density at radius 1 is 1.00 bits per heavy atom. The SMILES string of the molecule is CC(C)(C)Oc1cccc(S(=O)(=O)c2ccc(NC(=O)NCc3cccnc3)cc2)c1. The van der Waals surface area contributed by atoms with Crippen molar-refractivity contribution in [2.24, 2.45) is 0 Å². The second kappa shape index (κ2) is 9.18. The molecule has 0 unspecified atom stereocenters. The maximum absolute atomic E-state index is 13.0. The minimum atomic E-state index is -3.72. The van der Waals surface area contributed by atoms with Crippen LogP contribution in [0.25, 0.3) is 0 Å². The van der Waals surface area contributed by atoms with Crippen LogP contribution in [0.4, 0.5) is 10.5 Å². The lowest BCUT2D eigenvalue weighted by atomic mass is 10.2. The largest absolute Gasteiger partial charge is 0.488 e. The van der Waals surface area contributed by atoms with Crippen molar-refractivity contribution in [1.82, 2.24) is 10.3 Å². The smallest absolute Gasteiger partial charge is 0.319 e. The molecule has 0 radical (unpaired) electrons. The fraction of sp³-hybridized carbons (Fsp3) is 0.217. The lowest BCUT2D eigenvalue weighted by Gasteiger charge is -2.21. The molecule has 8 heteroatoms. The third kappa shape index (κ3) is 6.29. The summed E-state index contributed by atoms with van der Waals surface area (Å²) in [6.45, 7) is 6.02. The van der Waals surface area contributed by atoms with E-state index in [0.29, 0.717) is 18.0 Å². The summed E-state index contributed by atoms with van der Waals surface area (Å²) >= 11 is 0. The normalized spacial score (nSPS) is 11.6. The van der Waals surface area contributed by atoms with Gasteiger partial charge in [-0.2, -0.15) is 0 Å². The van der Waals surface area contributed by atoms with E-state index in [2.05, 4.69) is 15.6 Å². The van der Waals surface area contributed by atoms with Gasteiger partial charge in [-0.3, -0.25) is 4.98 Å². The highest BCUT2D eigenvalue weighted by Crippen LogP contribution is 2.27. The van der Waals surface area contributed by atoms with Gasteiger partial charge in [0.05, 0.1) is 9.79 Å². The van der Waals surface area contributed by atoms with Gasteiger partial charge in [0.25, 0.3) is 0 Å². The molecule has 0 bridgehead atoms. The molecule has 0 aliphatic heterocycles. The average Bonchev–Trinajstić information content (AvgIpc) is 2.72. The first-order valence-electron chi connectivity index (χ1n) is 9.71. The summed E-state index contributed by atoms with van der Waals surface area (Å²) in [5.74, 6) is 0.483. The van der Waals surface area contributed by atoms with Gasteiger partial charge in [-0.1, -0.05) is 12.1 Å². The zero-order valence-electron chi connectivity index (χ0n) is 17.6. The quantitative estimate of drug-likeness (QED) is 0.593. The third-order valence-corrected chi connectivity index (χ3v) is 5.91. The highest BCUT2D eigenvalue weighted by Gasteiger charge is 2.20. The number of carbonyl (C=O) groups is 1. The van der Waals surface area contributed by atoms with E-state index < -0.39 is 21.5 Å². The number of amides is 2. The van der Waals surface area contributed by atoms with Gasteiger partial charge in [-0.25, -0.2) is 13.2 Å². The van der Waals surface area contributed by atoms with Gasteiger partial charge in [0.2, 0.25) is 9.84 Å². The first-order valence-corrected chi connectivity index (χ1v) is 11.2. The molecule has 3 rings (SSSR count). The molecule has 2 amide bonds. The van der Waals surface area contributed by atoms with E-state index >= 15 is 0 Å². The Morgan fingerprint density at radius 3 is 2.39 bits per heavy atom. The van der Waals surface area contributed by atoms with Gasteiger partial charge in [-0.05, 0) is 74.9 Å². The van der Waals surface area contributed by atoms with Crippen LogP contribution in [0, 0.1) is 0 Å².